The fourth-order valence-electron chi connectivity index (χ4n) is 3.75. The largest absolute Gasteiger partial charge is 0.472 e. The van der Waals surface area contributed by atoms with Crippen LogP contribution in [0.2, 0.25) is 10.0 Å². The van der Waals surface area contributed by atoms with Gasteiger partial charge in [0.15, 0.2) is 6.73 Å². The summed E-state index contributed by atoms with van der Waals surface area (Å²) in [4.78, 5) is 14.1. The number of unbranched alkanes of at least 4 members (excludes halogenated alkanes) is 1. The molecule has 0 radical (unpaired) electrons. The highest BCUT2D eigenvalue weighted by molar-refractivity contribution is 6.35. The topological polar surface area (TPSA) is 42.7 Å². The maximum absolute atomic E-state index is 12.0. The molecule has 6 heteroatoms. The lowest BCUT2D eigenvalue weighted by Crippen LogP contribution is -2.32. The normalized spacial score (nSPS) is 13.5. The number of fused-ring (bicyclic) bond motifs is 2. The molecule has 3 aromatic rings. The van der Waals surface area contributed by atoms with Gasteiger partial charge in [-0.15, -0.1) is 0 Å². The molecule has 0 N–H and O–H groups in total. The Morgan fingerprint density at radius 2 is 1.86 bits per heavy atom. The van der Waals surface area contributed by atoms with Gasteiger partial charge >= 0.3 is 5.63 Å². The van der Waals surface area contributed by atoms with Crippen molar-refractivity contribution in [3.63, 3.8) is 0 Å². The second kappa shape index (κ2) is 7.69. The van der Waals surface area contributed by atoms with Gasteiger partial charge in [-0.05, 0) is 49.6 Å². The number of hydrogen-bond acceptors (Lipinski definition) is 4. The third-order valence-electron chi connectivity index (χ3n) is 5.11. The van der Waals surface area contributed by atoms with Crippen LogP contribution in [0.25, 0.3) is 11.0 Å². The van der Waals surface area contributed by atoms with Crippen LogP contribution in [0.15, 0.2) is 39.5 Å². The van der Waals surface area contributed by atoms with Crippen molar-refractivity contribution in [3.05, 3.63) is 67.5 Å². The number of anilines is 1. The minimum atomic E-state index is -0.312. The first-order valence-corrected chi connectivity index (χ1v) is 10.1. The number of rotatable bonds is 4. The molecule has 1 aliphatic rings. The Morgan fingerprint density at radius 3 is 2.57 bits per heavy atom. The molecule has 1 aliphatic heterocycles. The van der Waals surface area contributed by atoms with E-state index in [0.717, 1.165) is 52.8 Å². The number of nitrogens with zero attached hydrogens (tertiary/aromatic N) is 1. The van der Waals surface area contributed by atoms with E-state index in [0.29, 0.717) is 28.9 Å². The van der Waals surface area contributed by atoms with E-state index in [1.165, 1.54) is 0 Å². The third kappa shape index (κ3) is 3.59. The van der Waals surface area contributed by atoms with E-state index in [1.54, 1.807) is 12.1 Å². The van der Waals surface area contributed by atoms with E-state index in [-0.39, 0.29) is 5.63 Å². The molecule has 0 saturated carbocycles. The van der Waals surface area contributed by atoms with Crippen LogP contribution >= 0.6 is 23.2 Å². The van der Waals surface area contributed by atoms with Crippen molar-refractivity contribution < 1.29 is 9.15 Å². The van der Waals surface area contributed by atoms with E-state index < -0.39 is 0 Å². The van der Waals surface area contributed by atoms with Crippen LogP contribution in [-0.2, 0) is 13.0 Å². The monoisotopic (exact) mass is 417 g/mol. The smallest absolute Gasteiger partial charge is 0.336 e. The van der Waals surface area contributed by atoms with Gasteiger partial charge in [-0.1, -0.05) is 36.5 Å². The lowest BCUT2D eigenvalue weighted by molar-refractivity contribution is 0.287. The van der Waals surface area contributed by atoms with E-state index >= 15 is 0 Å². The van der Waals surface area contributed by atoms with Crippen molar-refractivity contribution in [3.8, 4) is 5.75 Å². The predicted molar refractivity (Wildman–Crippen MR) is 114 cm³/mol. The molecule has 0 unspecified atom stereocenters. The summed E-state index contributed by atoms with van der Waals surface area (Å²) in [6.45, 7) is 5.12. The van der Waals surface area contributed by atoms with Crippen LogP contribution in [0.3, 0.4) is 0 Å². The van der Waals surface area contributed by atoms with Crippen LogP contribution in [0.5, 0.6) is 5.75 Å². The summed E-state index contributed by atoms with van der Waals surface area (Å²) >= 11 is 12.3. The third-order valence-corrected chi connectivity index (χ3v) is 5.55. The maximum Gasteiger partial charge on any atom is 0.336 e. The predicted octanol–water partition coefficient (Wildman–Crippen LogP) is 6.11. The molecular weight excluding hydrogens is 397 g/mol. The van der Waals surface area contributed by atoms with Crippen molar-refractivity contribution in [1.82, 2.24) is 0 Å². The van der Waals surface area contributed by atoms with E-state index in [9.17, 15) is 4.79 Å². The highest BCUT2D eigenvalue weighted by Gasteiger charge is 2.23. The second-order valence-corrected chi connectivity index (χ2v) is 8.03. The average molecular weight is 418 g/mol. The molecule has 2 aromatic carbocycles. The molecule has 0 aliphatic carbocycles. The maximum atomic E-state index is 12.0. The van der Waals surface area contributed by atoms with Crippen molar-refractivity contribution in [1.29, 1.82) is 0 Å². The number of ether oxygens (including phenoxy) is 1. The van der Waals surface area contributed by atoms with Gasteiger partial charge < -0.3 is 14.1 Å². The zero-order valence-electron chi connectivity index (χ0n) is 15.9. The Hall–Kier alpha value is -2.17. The quantitative estimate of drug-likeness (QED) is 0.480. The standard InChI is InChI=1S/C22H21Cl2NO3/c1-3-4-5-14-7-20(26)28-22-13(2)21-15(6-19(14)22)11-25(12-27-21)18-9-16(23)8-17(24)10-18/h6-10H,3-5,11-12H2,1-2H3. The van der Waals surface area contributed by atoms with Crippen LogP contribution in [0.1, 0.15) is 36.5 Å². The Bertz CT molecular complexity index is 1090. The molecule has 2 heterocycles. The molecule has 28 heavy (non-hydrogen) atoms. The number of benzene rings is 2. The highest BCUT2D eigenvalue weighted by atomic mass is 35.5. The van der Waals surface area contributed by atoms with E-state index in [2.05, 4.69) is 17.9 Å². The van der Waals surface area contributed by atoms with Crippen molar-refractivity contribution in [2.24, 2.45) is 0 Å². The second-order valence-electron chi connectivity index (χ2n) is 7.16. The fourth-order valence-corrected chi connectivity index (χ4v) is 4.26. The Balaban J connectivity index is 1.79. The van der Waals surface area contributed by atoms with Crippen molar-refractivity contribution >= 4 is 39.9 Å². The Morgan fingerprint density at radius 1 is 1.11 bits per heavy atom. The van der Waals surface area contributed by atoms with Crippen LogP contribution in [0.4, 0.5) is 5.69 Å². The molecule has 146 valence electrons. The lowest BCUT2D eigenvalue weighted by atomic mass is 9.98. The number of aryl methyl sites for hydroxylation is 2. The summed E-state index contributed by atoms with van der Waals surface area (Å²) in [5.74, 6) is 0.785. The first-order valence-electron chi connectivity index (χ1n) is 9.39. The highest BCUT2D eigenvalue weighted by Crippen LogP contribution is 2.38. The Labute approximate surface area is 173 Å². The minimum Gasteiger partial charge on any atom is -0.472 e. The summed E-state index contributed by atoms with van der Waals surface area (Å²) < 4.78 is 11.6. The van der Waals surface area contributed by atoms with Crippen molar-refractivity contribution in [2.45, 2.75) is 39.7 Å². The SMILES string of the molecule is CCCCc1cc(=O)oc2c(C)c3c(cc12)CN(c1cc(Cl)cc(Cl)c1)CO3. The van der Waals surface area contributed by atoms with Gasteiger partial charge in [-0.3, -0.25) is 0 Å². The van der Waals surface area contributed by atoms with Crippen LogP contribution < -0.4 is 15.3 Å². The van der Waals surface area contributed by atoms with Gasteiger partial charge in [0.2, 0.25) is 0 Å². The summed E-state index contributed by atoms with van der Waals surface area (Å²) in [5.41, 5.74) is 4.17. The molecule has 0 fully saturated rings. The number of hydrogen-bond donors (Lipinski definition) is 0. The van der Waals surface area contributed by atoms with Gasteiger partial charge in [-0.2, -0.15) is 0 Å². The first kappa shape index (κ1) is 19.2. The minimum absolute atomic E-state index is 0.312. The molecule has 0 bridgehead atoms. The fraction of sp³-hybridized carbons (Fsp3) is 0.318. The average Bonchev–Trinajstić information content (AvgIpc) is 2.66. The zero-order valence-corrected chi connectivity index (χ0v) is 17.4. The lowest BCUT2D eigenvalue weighted by Gasteiger charge is -2.32. The van der Waals surface area contributed by atoms with E-state index in [4.69, 9.17) is 32.4 Å². The van der Waals surface area contributed by atoms with Crippen LogP contribution in [0, 0.1) is 6.92 Å². The van der Waals surface area contributed by atoms with Gasteiger partial charge in [-0.25, -0.2) is 4.79 Å². The summed E-state index contributed by atoms with van der Waals surface area (Å²) in [7, 11) is 0. The molecule has 4 rings (SSSR count). The Kier molecular flexibility index (Phi) is 5.26. The molecule has 0 saturated heterocycles. The molecule has 4 nitrogen and oxygen atoms in total. The zero-order chi connectivity index (χ0) is 19.8. The molecule has 0 spiro atoms. The van der Waals surface area contributed by atoms with Crippen LogP contribution in [-0.4, -0.2) is 6.73 Å². The van der Waals surface area contributed by atoms with Gasteiger partial charge in [0.05, 0.1) is 0 Å². The van der Waals surface area contributed by atoms with Gasteiger partial charge in [0.1, 0.15) is 11.3 Å². The first-order chi connectivity index (χ1) is 13.5. The molecule has 0 atom stereocenters. The van der Waals surface area contributed by atoms with E-state index in [1.807, 2.05) is 19.1 Å². The van der Waals surface area contributed by atoms with Gasteiger partial charge in [0.25, 0.3) is 0 Å². The van der Waals surface area contributed by atoms with Gasteiger partial charge in [0, 0.05) is 44.9 Å². The summed E-state index contributed by atoms with van der Waals surface area (Å²) in [6.07, 6.45) is 2.95. The van der Waals surface area contributed by atoms with Crippen molar-refractivity contribution in [2.75, 3.05) is 11.6 Å². The summed E-state index contributed by atoms with van der Waals surface area (Å²) in [5, 5.41) is 2.16. The molecular formula is C22H21Cl2NO3. The number of halogens is 2. The summed E-state index contributed by atoms with van der Waals surface area (Å²) in [6, 6.07) is 9.17. The molecule has 1 aromatic heterocycles. The molecule has 0 amide bonds.